The Morgan fingerprint density at radius 1 is 0.971 bits per heavy atom. The number of thiocarbonyl (C=S) groups is 1. The molecule has 1 saturated heterocycles. The second-order valence-electron chi connectivity index (χ2n) is 8.96. The molecule has 0 bridgehead atoms. The number of hydrogen-bond acceptors (Lipinski definition) is 4. The van der Waals surface area contributed by atoms with E-state index < -0.39 is 0 Å². The van der Waals surface area contributed by atoms with Crippen LogP contribution in [0, 0.1) is 20.8 Å². The van der Waals surface area contributed by atoms with Crippen LogP contribution in [0.1, 0.15) is 45.9 Å². The Kier molecular flexibility index (Phi) is 6.26. The number of ether oxygens (including phenoxy) is 1. The van der Waals surface area contributed by atoms with Gasteiger partial charge in [0.1, 0.15) is 11.6 Å². The van der Waals surface area contributed by atoms with E-state index in [9.17, 15) is 0 Å². The quantitative estimate of drug-likeness (QED) is 0.372. The summed E-state index contributed by atoms with van der Waals surface area (Å²) in [7, 11) is 1.68. The fourth-order valence-corrected chi connectivity index (χ4v) is 5.23. The molecule has 0 radical (unpaired) electrons. The summed E-state index contributed by atoms with van der Waals surface area (Å²) < 4.78 is 7.57. The summed E-state index contributed by atoms with van der Waals surface area (Å²) >= 11 is 5.88. The molecule has 5 rings (SSSR count). The van der Waals surface area contributed by atoms with Gasteiger partial charge in [-0.15, -0.1) is 0 Å². The van der Waals surface area contributed by atoms with Gasteiger partial charge in [0.05, 0.1) is 24.9 Å². The lowest BCUT2D eigenvalue weighted by Crippen LogP contribution is -2.29. The SMILES string of the molecule is COc1ccc(CN2C(=S)NC(c3ccccn3)C2c2cc(C)n(-c3cc(C)ccn3)c2C)cc1. The van der Waals surface area contributed by atoms with Crippen molar-refractivity contribution in [1.29, 1.82) is 0 Å². The monoisotopic (exact) mass is 483 g/mol. The van der Waals surface area contributed by atoms with Gasteiger partial charge in [0.15, 0.2) is 5.11 Å². The number of hydrogen-bond donors (Lipinski definition) is 1. The zero-order chi connectivity index (χ0) is 24.5. The van der Waals surface area contributed by atoms with Crippen molar-refractivity contribution in [2.75, 3.05) is 7.11 Å². The third kappa shape index (κ3) is 4.39. The maximum Gasteiger partial charge on any atom is 0.170 e. The summed E-state index contributed by atoms with van der Waals surface area (Å²) in [5, 5.41) is 4.28. The van der Waals surface area contributed by atoms with Gasteiger partial charge in [-0.05, 0) is 92.1 Å². The molecule has 0 aliphatic carbocycles. The van der Waals surface area contributed by atoms with Gasteiger partial charge in [-0.2, -0.15) is 0 Å². The number of aryl methyl sites for hydroxylation is 2. The van der Waals surface area contributed by atoms with Gasteiger partial charge >= 0.3 is 0 Å². The molecule has 178 valence electrons. The van der Waals surface area contributed by atoms with Crippen LogP contribution in [-0.2, 0) is 6.54 Å². The predicted octanol–water partition coefficient (Wildman–Crippen LogP) is 5.37. The second kappa shape index (κ2) is 9.50. The fraction of sp³-hybridized carbons (Fsp3) is 0.250. The zero-order valence-corrected chi connectivity index (χ0v) is 21.2. The summed E-state index contributed by atoms with van der Waals surface area (Å²) in [6.45, 7) is 7.06. The molecular weight excluding hydrogens is 454 g/mol. The largest absolute Gasteiger partial charge is 0.497 e. The molecule has 6 nitrogen and oxygen atoms in total. The lowest BCUT2D eigenvalue weighted by atomic mass is 9.96. The Balaban J connectivity index is 1.60. The van der Waals surface area contributed by atoms with Crippen LogP contribution in [-0.4, -0.2) is 31.7 Å². The third-order valence-electron chi connectivity index (χ3n) is 6.63. The molecule has 1 aromatic carbocycles. The first kappa shape index (κ1) is 23.1. The van der Waals surface area contributed by atoms with E-state index in [1.165, 1.54) is 11.1 Å². The molecule has 0 amide bonds. The molecule has 35 heavy (non-hydrogen) atoms. The van der Waals surface area contributed by atoms with E-state index in [0.717, 1.165) is 39.3 Å². The van der Waals surface area contributed by atoms with Crippen molar-refractivity contribution in [3.63, 3.8) is 0 Å². The van der Waals surface area contributed by atoms with Crippen LogP contribution in [0.3, 0.4) is 0 Å². The van der Waals surface area contributed by atoms with Gasteiger partial charge in [0.25, 0.3) is 0 Å². The van der Waals surface area contributed by atoms with Gasteiger partial charge in [0, 0.05) is 30.3 Å². The minimum atomic E-state index is -0.0682. The smallest absolute Gasteiger partial charge is 0.170 e. The van der Waals surface area contributed by atoms with Crippen molar-refractivity contribution >= 4 is 17.3 Å². The highest BCUT2D eigenvalue weighted by Gasteiger charge is 2.41. The van der Waals surface area contributed by atoms with Crippen LogP contribution in [0.5, 0.6) is 5.75 Å². The maximum atomic E-state index is 5.88. The van der Waals surface area contributed by atoms with Gasteiger partial charge in [-0.1, -0.05) is 18.2 Å². The van der Waals surface area contributed by atoms with Gasteiger partial charge < -0.3 is 19.5 Å². The van der Waals surface area contributed by atoms with Crippen molar-refractivity contribution in [3.05, 3.63) is 107 Å². The molecule has 0 saturated carbocycles. The molecule has 4 aromatic rings. The molecule has 1 aliphatic rings. The Hall–Kier alpha value is -3.71. The first-order chi connectivity index (χ1) is 17.0. The second-order valence-corrected chi connectivity index (χ2v) is 9.34. The summed E-state index contributed by atoms with van der Waals surface area (Å²) in [6.07, 6.45) is 3.70. The number of benzene rings is 1. The van der Waals surface area contributed by atoms with Crippen LogP contribution in [0.25, 0.3) is 5.82 Å². The standard InChI is InChI=1S/C28H29N5OS/c1-18-12-14-30-25(15-18)33-19(2)16-23(20(33)3)27-26(24-7-5-6-13-29-24)31-28(35)32(27)17-21-8-10-22(34-4)11-9-21/h5-16,26-27H,17H2,1-4H3,(H,31,35). The highest BCUT2D eigenvalue weighted by Crippen LogP contribution is 2.42. The van der Waals surface area contributed by atoms with E-state index in [1.54, 1.807) is 7.11 Å². The minimum Gasteiger partial charge on any atom is -0.497 e. The number of aromatic nitrogens is 3. The van der Waals surface area contributed by atoms with Gasteiger partial charge in [0.2, 0.25) is 0 Å². The van der Waals surface area contributed by atoms with Crippen molar-refractivity contribution in [2.24, 2.45) is 0 Å². The fourth-order valence-electron chi connectivity index (χ4n) is 4.92. The van der Waals surface area contributed by atoms with Crippen LogP contribution < -0.4 is 10.1 Å². The average molecular weight is 484 g/mol. The van der Waals surface area contributed by atoms with Gasteiger partial charge in [-0.25, -0.2) is 4.98 Å². The summed E-state index contributed by atoms with van der Waals surface area (Å²) in [6, 6.07) is 20.5. The molecule has 2 atom stereocenters. The number of nitrogens with one attached hydrogen (secondary N) is 1. The Morgan fingerprint density at radius 3 is 2.46 bits per heavy atom. The van der Waals surface area contributed by atoms with Crippen molar-refractivity contribution in [3.8, 4) is 11.6 Å². The first-order valence-corrected chi connectivity index (χ1v) is 12.1. The number of pyridine rings is 2. The minimum absolute atomic E-state index is 0.0238. The maximum absolute atomic E-state index is 5.88. The van der Waals surface area contributed by atoms with Crippen molar-refractivity contribution in [1.82, 2.24) is 24.8 Å². The Morgan fingerprint density at radius 2 is 1.77 bits per heavy atom. The van der Waals surface area contributed by atoms with E-state index in [2.05, 4.69) is 75.9 Å². The molecule has 4 heterocycles. The number of rotatable bonds is 6. The molecule has 3 aromatic heterocycles. The average Bonchev–Trinajstić information content (AvgIpc) is 3.34. The van der Waals surface area contributed by atoms with E-state index in [-0.39, 0.29) is 12.1 Å². The van der Waals surface area contributed by atoms with Gasteiger partial charge in [-0.3, -0.25) is 4.98 Å². The highest BCUT2D eigenvalue weighted by molar-refractivity contribution is 7.80. The molecule has 0 spiro atoms. The lowest BCUT2D eigenvalue weighted by Gasteiger charge is -2.28. The Labute approximate surface area is 211 Å². The van der Waals surface area contributed by atoms with E-state index in [4.69, 9.17) is 17.0 Å². The van der Waals surface area contributed by atoms with Crippen molar-refractivity contribution < 1.29 is 4.74 Å². The number of nitrogens with zero attached hydrogens (tertiary/aromatic N) is 4. The summed E-state index contributed by atoms with van der Waals surface area (Å²) in [5.74, 6) is 1.77. The molecule has 1 aliphatic heterocycles. The topological polar surface area (TPSA) is 55.2 Å². The highest BCUT2D eigenvalue weighted by atomic mass is 32.1. The molecular formula is C28H29N5OS. The normalized spacial score (nSPS) is 17.5. The van der Waals surface area contributed by atoms with Crippen LogP contribution in [0.2, 0.25) is 0 Å². The molecule has 7 heteroatoms. The van der Waals surface area contributed by atoms with Crippen LogP contribution in [0.15, 0.2) is 73.1 Å². The number of methoxy groups -OCH3 is 1. The summed E-state index contributed by atoms with van der Waals surface area (Å²) in [5.41, 5.74) is 6.81. The van der Waals surface area contributed by atoms with E-state index in [1.807, 2.05) is 42.7 Å². The van der Waals surface area contributed by atoms with Crippen molar-refractivity contribution in [2.45, 2.75) is 39.4 Å². The van der Waals surface area contributed by atoms with E-state index >= 15 is 0 Å². The lowest BCUT2D eigenvalue weighted by molar-refractivity contribution is 0.310. The molecule has 1 N–H and O–H groups in total. The van der Waals surface area contributed by atoms with Crippen LogP contribution in [0.4, 0.5) is 0 Å². The predicted molar refractivity (Wildman–Crippen MR) is 142 cm³/mol. The third-order valence-corrected chi connectivity index (χ3v) is 6.98. The van der Waals surface area contributed by atoms with E-state index in [0.29, 0.717) is 6.54 Å². The summed E-state index contributed by atoms with van der Waals surface area (Å²) in [4.78, 5) is 11.6. The Bertz CT molecular complexity index is 1350. The first-order valence-electron chi connectivity index (χ1n) is 11.7. The molecule has 2 unspecified atom stereocenters. The molecule has 1 fully saturated rings. The van der Waals surface area contributed by atoms with Crippen LogP contribution >= 0.6 is 12.2 Å². The zero-order valence-electron chi connectivity index (χ0n) is 20.4.